The quantitative estimate of drug-likeness (QED) is 0.800. The van der Waals surface area contributed by atoms with Gasteiger partial charge >= 0.3 is 5.97 Å². The fourth-order valence-electron chi connectivity index (χ4n) is 1.73. The van der Waals surface area contributed by atoms with Gasteiger partial charge in [-0.3, -0.25) is 4.79 Å². The van der Waals surface area contributed by atoms with Gasteiger partial charge in [-0.1, -0.05) is 6.07 Å². The number of nitrogens with one attached hydrogen (secondary N) is 1. The van der Waals surface area contributed by atoms with Crippen molar-refractivity contribution in [2.45, 2.75) is 6.92 Å². The summed E-state index contributed by atoms with van der Waals surface area (Å²) >= 11 is 2.16. The predicted octanol–water partition coefficient (Wildman–Crippen LogP) is 3.55. The Balaban J connectivity index is 2.21. The van der Waals surface area contributed by atoms with E-state index in [1.807, 2.05) is 12.1 Å². The van der Waals surface area contributed by atoms with Crippen molar-refractivity contribution in [3.8, 4) is 0 Å². The van der Waals surface area contributed by atoms with E-state index >= 15 is 0 Å². The summed E-state index contributed by atoms with van der Waals surface area (Å²) in [6.07, 6.45) is 0. The van der Waals surface area contributed by atoms with Crippen LogP contribution in [0.3, 0.4) is 0 Å². The molecule has 2 aromatic rings. The molecular formula is C15H12INO3. The average Bonchev–Trinajstić information content (AvgIpc) is 2.41. The first-order chi connectivity index (χ1) is 9.47. The van der Waals surface area contributed by atoms with E-state index < -0.39 is 5.97 Å². The maximum atomic E-state index is 12.0. The third-order valence-corrected chi connectivity index (χ3v) is 3.55. The second-order valence-corrected chi connectivity index (χ2v) is 5.54. The minimum atomic E-state index is -1.01. The largest absolute Gasteiger partial charge is 0.478 e. The van der Waals surface area contributed by atoms with E-state index in [0.717, 1.165) is 3.57 Å². The van der Waals surface area contributed by atoms with Gasteiger partial charge in [0.25, 0.3) is 5.91 Å². The topological polar surface area (TPSA) is 66.4 Å². The first-order valence-corrected chi connectivity index (χ1v) is 6.96. The molecule has 0 aliphatic heterocycles. The molecule has 0 aliphatic carbocycles. The molecule has 2 N–H and O–H groups in total. The normalized spacial score (nSPS) is 10.1. The second kappa shape index (κ2) is 6.04. The Morgan fingerprint density at radius 2 is 1.75 bits per heavy atom. The van der Waals surface area contributed by atoms with Crippen molar-refractivity contribution in [2.75, 3.05) is 5.32 Å². The summed E-state index contributed by atoms with van der Waals surface area (Å²) in [6, 6.07) is 12.0. The molecule has 0 bridgehead atoms. The van der Waals surface area contributed by atoms with Crippen LogP contribution >= 0.6 is 22.6 Å². The molecule has 5 heteroatoms. The number of aryl methyl sites for hydroxylation is 1. The Hall–Kier alpha value is -1.89. The van der Waals surface area contributed by atoms with Crippen LogP contribution in [0.5, 0.6) is 0 Å². The summed E-state index contributed by atoms with van der Waals surface area (Å²) in [5.41, 5.74) is 1.84. The summed E-state index contributed by atoms with van der Waals surface area (Å²) in [5, 5.41) is 11.8. The molecule has 0 saturated heterocycles. The minimum absolute atomic E-state index is 0.186. The van der Waals surface area contributed by atoms with Gasteiger partial charge in [0.1, 0.15) is 0 Å². The van der Waals surface area contributed by atoms with E-state index in [0.29, 0.717) is 16.8 Å². The van der Waals surface area contributed by atoms with E-state index in [-0.39, 0.29) is 11.5 Å². The number of carbonyl (C=O) groups excluding carboxylic acids is 1. The molecule has 0 atom stereocenters. The van der Waals surface area contributed by atoms with Crippen LogP contribution < -0.4 is 5.32 Å². The smallest absolute Gasteiger partial charge is 0.336 e. The zero-order valence-electron chi connectivity index (χ0n) is 10.7. The zero-order chi connectivity index (χ0) is 14.7. The van der Waals surface area contributed by atoms with Gasteiger partial charge < -0.3 is 10.4 Å². The monoisotopic (exact) mass is 381 g/mol. The second-order valence-electron chi connectivity index (χ2n) is 4.30. The molecule has 2 aromatic carbocycles. The molecule has 0 unspecified atom stereocenters. The van der Waals surface area contributed by atoms with Crippen molar-refractivity contribution in [2.24, 2.45) is 0 Å². The molecule has 1 amide bonds. The van der Waals surface area contributed by atoms with Gasteiger partial charge in [0, 0.05) is 14.8 Å². The predicted molar refractivity (Wildman–Crippen MR) is 85.3 cm³/mol. The Kier molecular flexibility index (Phi) is 4.39. The number of carboxylic acid groups (broad SMARTS) is 1. The number of amides is 1. The lowest BCUT2D eigenvalue weighted by Gasteiger charge is -2.08. The summed E-state index contributed by atoms with van der Waals surface area (Å²) in [5.74, 6) is -1.27. The fraction of sp³-hybridized carbons (Fsp3) is 0.0667. The minimum Gasteiger partial charge on any atom is -0.478 e. The molecule has 4 nitrogen and oxygen atoms in total. The lowest BCUT2D eigenvalue weighted by Crippen LogP contribution is -2.12. The van der Waals surface area contributed by atoms with Crippen LogP contribution in [-0.2, 0) is 0 Å². The van der Waals surface area contributed by atoms with Crippen molar-refractivity contribution in [3.05, 3.63) is 62.7 Å². The van der Waals surface area contributed by atoms with Crippen LogP contribution in [0.1, 0.15) is 26.3 Å². The number of hydrogen-bond donors (Lipinski definition) is 2. The first kappa shape index (κ1) is 14.5. The van der Waals surface area contributed by atoms with Crippen molar-refractivity contribution < 1.29 is 14.7 Å². The highest BCUT2D eigenvalue weighted by atomic mass is 127. The third kappa shape index (κ3) is 3.36. The molecule has 0 aliphatic rings. The summed E-state index contributed by atoms with van der Waals surface area (Å²) < 4.78 is 1.04. The van der Waals surface area contributed by atoms with Gasteiger partial charge in [-0.05, 0) is 71.5 Å². The molecule has 0 aromatic heterocycles. The molecule has 102 valence electrons. The molecule has 0 radical (unpaired) electrons. The number of benzene rings is 2. The Labute approximate surface area is 130 Å². The van der Waals surface area contributed by atoms with Crippen molar-refractivity contribution >= 4 is 40.2 Å². The highest BCUT2D eigenvalue weighted by Gasteiger charge is 2.10. The molecule has 0 saturated carbocycles. The average molecular weight is 381 g/mol. The van der Waals surface area contributed by atoms with E-state index in [9.17, 15) is 9.59 Å². The van der Waals surface area contributed by atoms with Gasteiger partial charge in [0.15, 0.2) is 0 Å². The van der Waals surface area contributed by atoms with Gasteiger partial charge in [0.05, 0.1) is 5.56 Å². The van der Waals surface area contributed by atoms with Crippen LogP contribution in [0, 0.1) is 10.5 Å². The van der Waals surface area contributed by atoms with Crippen LogP contribution in [0.2, 0.25) is 0 Å². The summed E-state index contributed by atoms with van der Waals surface area (Å²) in [6.45, 7) is 1.72. The number of halogens is 1. The van der Waals surface area contributed by atoms with E-state index in [1.54, 1.807) is 31.2 Å². The van der Waals surface area contributed by atoms with Crippen LogP contribution in [0.25, 0.3) is 0 Å². The highest BCUT2D eigenvalue weighted by Crippen LogP contribution is 2.16. The van der Waals surface area contributed by atoms with Gasteiger partial charge in [0.2, 0.25) is 0 Å². The first-order valence-electron chi connectivity index (χ1n) is 5.88. The van der Waals surface area contributed by atoms with E-state index in [1.165, 1.54) is 6.07 Å². The SMILES string of the molecule is Cc1ccc(NC(=O)c2ccc(I)cc2)cc1C(=O)O. The van der Waals surface area contributed by atoms with Crippen LogP contribution in [0.15, 0.2) is 42.5 Å². The van der Waals surface area contributed by atoms with Crippen molar-refractivity contribution in [3.63, 3.8) is 0 Å². The van der Waals surface area contributed by atoms with E-state index in [4.69, 9.17) is 5.11 Å². The standard InChI is InChI=1S/C15H12INO3/c1-9-2-7-12(8-13(9)15(19)20)17-14(18)10-3-5-11(16)6-4-10/h2-8H,1H3,(H,17,18)(H,19,20). The maximum absolute atomic E-state index is 12.0. The Bertz CT molecular complexity index is 665. The number of aromatic carboxylic acids is 1. The molecule has 2 rings (SSSR count). The number of carbonyl (C=O) groups is 2. The fourth-order valence-corrected chi connectivity index (χ4v) is 2.09. The number of hydrogen-bond acceptors (Lipinski definition) is 2. The van der Waals surface area contributed by atoms with Crippen molar-refractivity contribution in [1.29, 1.82) is 0 Å². The van der Waals surface area contributed by atoms with Gasteiger partial charge in [-0.25, -0.2) is 4.79 Å². The summed E-state index contributed by atoms with van der Waals surface area (Å²) in [7, 11) is 0. The Morgan fingerprint density at radius 3 is 2.35 bits per heavy atom. The number of carboxylic acids is 1. The maximum Gasteiger partial charge on any atom is 0.336 e. The molecule has 0 fully saturated rings. The van der Waals surface area contributed by atoms with Gasteiger partial charge in [-0.15, -0.1) is 0 Å². The lowest BCUT2D eigenvalue weighted by atomic mass is 10.1. The highest BCUT2D eigenvalue weighted by molar-refractivity contribution is 14.1. The number of anilines is 1. The summed E-state index contributed by atoms with van der Waals surface area (Å²) in [4.78, 5) is 23.1. The molecular weight excluding hydrogens is 369 g/mol. The van der Waals surface area contributed by atoms with Crippen LogP contribution in [-0.4, -0.2) is 17.0 Å². The lowest BCUT2D eigenvalue weighted by molar-refractivity contribution is 0.0695. The third-order valence-electron chi connectivity index (χ3n) is 2.83. The van der Waals surface area contributed by atoms with Crippen molar-refractivity contribution in [1.82, 2.24) is 0 Å². The number of rotatable bonds is 3. The molecule has 0 heterocycles. The van der Waals surface area contributed by atoms with Gasteiger partial charge in [-0.2, -0.15) is 0 Å². The van der Waals surface area contributed by atoms with Crippen LogP contribution in [0.4, 0.5) is 5.69 Å². The Morgan fingerprint density at radius 1 is 1.10 bits per heavy atom. The van der Waals surface area contributed by atoms with E-state index in [2.05, 4.69) is 27.9 Å². The molecule has 0 spiro atoms. The molecule has 20 heavy (non-hydrogen) atoms. The zero-order valence-corrected chi connectivity index (χ0v) is 12.8.